The van der Waals surface area contributed by atoms with E-state index >= 15 is 0 Å². The minimum absolute atomic E-state index is 0.987. The summed E-state index contributed by atoms with van der Waals surface area (Å²) >= 11 is 0. The van der Waals surface area contributed by atoms with Gasteiger partial charge in [0.15, 0.2) is 0 Å². The Bertz CT molecular complexity index is 1100. The minimum Gasteiger partial charge on any atom is -0.0616 e. The molecule has 0 heterocycles. The van der Waals surface area contributed by atoms with Crippen LogP contribution in [0.25, 0.3) is 21.5 Å². The fourth-order valence-corrected chi connectivity index (χ4v) is 4.60. The summed E-state index contributed by atoms with van der Waals surface area (Å²) in [7, 11) is 0. The van der Waals surface area contributed by atoms with E-state index in [2.05, 4.69) is 90.1 Å². The van der Waals surface area contributed by atoms with Crippen molar-refractivity contribution in [2.75, 3.05) is 0 Å². The molecule has 4 aromatic carbocycles. The predicted octanol–water partition coefficient (Wildman–Crippen LogP) is 7.43. The lowest BCUT2D eigenvalue weighted by Gasteiger charge is -2.21. The molecule has 0 bridgehead atoms. The van der Waals surface area contributed by atoms with Gasteiger partial charge in [-0.3, -0.25) is 0 Å². The number of rotatable bonds is 2. The highest BCUT2D eigenvalue weighted by Gasteiger charge is 2.16. The zero-order chi connectivity index (χ0) is 19.3. The van der Waals surface area contributed by atoms with Gasteiger partial charge in [-0.15, -0.1) is 0 Å². The molecule has 0 unspecified atom stereocenters. The largest absolute Gasteiger partial charge is 0.0616 e. The lowest BCUT2D eigenvalue weighted by Crippen LogP contribution is -2.03. The Labute approximate surface area is 162 Å². The van der Waals surface area contributed by atoms with Gasteiger partial charge >= 0.3 is 0 Å². The molecule has 4 aromatic rings. The zero-order valence-electron chi connectivity index (χ0n) is 17.3. The number of benzene rings is 4. The van der Waals surface area contributed by atoms with Crippen molar-refractivity contribution in [3.05, 3.63) is 93.0 Å². The van der Waals surface area contributed by atoms with Crippen molar-refractivity contribution >= 4 is 21.5 Å². The van der Waals surface area contributed by atoms with Crippen LogP contribution in [0.3, 0.4) is 0 Å². The Morgan fingerprint density at radius 2 is 0.741 bits per heavy atom. The molecule has 0 spiro atoms. The summed E-state index contributed by atoms with van der Waals surface area (Å²) in [6.45, 7) is 13.6. The highest BCUT2D eigenvalue weighted by Crippen LogP contribution is 2.35. The van der Waals surface area contributed by atoms with Crippen LogP contribution in [0.4, 0.5) is 0 Å². The molecule has 0 fully saturated rings. The van der Waals surface area contributed by atoms with Crippen LogP contribution in [0.1, 0.15) is 44.5 Å². The lowest BCUT2D eigenvalue weighted by molar-refractivity contribution is 1.12. The quantitative estimate of drug-likeness (QED) is 0.352. The zero-order valence-corrected chi connectivity index (χ0v) is 17.3. The van der Waals surface area contributed by atoms with Gasteiger partial charge in [0.2, 0.25) is 0 Å². The number of aryl methyl sites for hydroxylation is 2. The SMILES string of the molecule is Cc1c(C)c(Cc2c(C)c(C)c(C)c3ccccc23)c2ccccc2c1C. The Hall–Kier alpha value is -2.60. The third kappa shape index (κ3) is 2.67. The smallest absolute Gasteiger partial charge is 0.000799 e. The van der Waals surface area contributed by atoms with E-state index in [0.29, 0.717) is 0 Å². The van der Waals surface area contributed by atoms with Crippen molar-refractivity contribution in [2.45, 2.75) is 48.0 Å². The van der Waals surface area contributed by atoms with E-state index in [9.17, 15) is 0 Å². The Balaban J connectivity index is 2.05. The molecule has 0 aromatic heterocycles. The minimum atomic E-state index is 0.987. The summed E-state index contributed by atoms with van der Waals surface area (Å²) in [5.41, 5.74) is 11.5. The maximum Gasteiger partial charge on any atom is -0.000799 e. The second kappa shape index (κ2) is 6.53. The first-order valence-electron chi connectivity index (χ1n) is 9.86. The first-order chi connectivity index (χ1) is 12.9. The van der Waals surface area contributed by atoms with E-state index in [0.717, 1.165) is 6.42 Å². The molecule has 0 amide bonds. The fraction of sp³-hybridized carbons (Fsp3) is 0.259. The van der Waals surface area contributed by atoms with Gasteiger partial charge < -0.3 is 0 Å². The lowest BCUT2D eigenvalue weighted by atomic mass is 9.84. The van der Waals surface area contributed by atoms with Gasteiger partial charge in [-0.05, 0) is 114 Å². The molecule has 0 aliphatic heterocycles. The van der Waals surface area contributed by atoms with Crippen molar-refractivity contribution in [1.29, 1.82) is 0 Å². The van der Waals surface area contributed by atoms with Gasteiger partial charge in [0.1, 0.15) is 0 Å². The second-order valence-corrected chi connectivity index (χ2v) is 7.98. The molecule has 0 saturated heterocycles. The normalized spacial score (nSPS) is 11.5. The summed E-state index contributed by atoms with van der Waals surface area (Å²) in [6, 6.07) is 17.8. The van der Waals surface area contributed by atoms with E-state index in [1.165, 1.54) is 66.1 Å². The first-order valence-corrected chi connectivity index (χ1v) is 9.86. The third-order valence-corrected chi connectivity index (χ3v) is 6.82. The Morgan fingerprint density at radius 3 is 1.11 bits per heavy atom. The van der Waals surface area contributed by atoms with E-state index in [-0.39, 0.29) is 0 Å². The van der Waals surface area contributed by atoms with Crippen LogP contribution in [0.15, 0.2) is 48.5 Å². The Kier molecular flexibility index (Phi) is 4.30. The molecule has 0 atom stereocenters. The highest BCUT2D eigenvalue weighted by molar-refractivity contribution is 5.94. The molecule has 0 N–H and O–H groups in total. The van der Waals surface area contributed by atoms with Gasteiger partial charge in [-0.25, -0.2) is 0 Å². The standard InChI is InChI=1S/C27H28/c1-16-18(3)22-11-7-9-13-24(22)26(20(16)5)15-27-21(6)17(2)19(4)23-12-8-10-14-25(23)27/h7-14H,15H2,1-6H3. The van der Waals surface area contributed by atoms with Crippen molar-refractivity contribution in [3.63, 3.8) is 0 Å². The molecular weight excluding hydrogens is 324 g/mol. The molecule has 136 valence electrons. The molecule has 4 rings (SSSR count). The van der Waals surface area contributed by atoms with Crippen molar-refractivity contribution < 1.29 is 0 Å². The number of hydrogen-bond acceptors (Lipinski definition) is 0. The summed E-state index contributed by atoms with van der Waals surface area (Å²) < 4.78 is 0. The van der Waals surface area contributed by atoms with Gasteiger partial charge in [-0.1, -0.05) is 48.5 Å². The van der Waals surface area contributed by atoms with E-state index in [1.807, 2.05) is 0 Å². The molecule has 0 aliphatic carbocycles. The molecule has 0 saturated carbocycles. The highest BCUT2D eigenvalue weighted by atomic mass is 14.2. The van der Waals surface area contributed by atoms with Crippen LogP contribution < -0.4 is 0 Å². The summed E-state index contributed by atoms with van der Waals surface area (Å²) in [4.78, 5) is 0. The van der Waals surface area contributed by atoms with E-state index in [4.69, 9.17) is 0 Å². The molecule has 0 radical (unpaired) electrons. The summed E-state index contributed by atoms with van der Waals surface area (Å²) in [5.74, 6) is 0. The monoisotopic (exact) mass is 352 g/mol. The molecule has 0 nitrogen and oxygen atoms in total. The molecular formula is C27H28. The van der Waals surface area contributed by atoms with Gasteiger partial charge in [-0.2, -0.15) is 0 Å². The van der Waals surface area contributed by atoms with Crippen LogP contribution in [0.2, 0.25) is 0 Å². The van der Waals surface area contributed by atoms with E-state index < -0.39 is 0 Å². The third-order valence-electron chi connectivity index (χ3n) is 6.82. The van der Waals surface area contributed by atoms with Crippen molar-refractivity contribution in [1.82, 2.24) is 0 Å². The van der Waals surface area contributed by atoms with E-state index in [1.54, 1.807) is 0 Å². The predicted molar refractivity (Wildman–Crippen MR) is 119 cm³/mol. The van der Waals surface area contributed by atoms with Crippen LogP contribution in [-0.2, 0) is 6.42 Å². The van der Waals surface area contributed by atoms with Crippen LogP contribution in [0, 0.1) is 41.5 Å². The maximum absolute atomic E-state index is 2.29. The average molecular weight is 353 g/mol. The number of hydrogen-bond donors (Lipinski definition) is 0. The average Bonchev–Trinajstić information content (AvgIpc) is 2.70. The fourth-order valence-electron chi connectivity index (χ4n) is 4.60. The Morgan fingerprint density at radius 1 is 0.407 bits per heavy atom. The second-order valence-electron chi connectivity index (χ2n) is 7.98. The van der Waals surface area contributed by atoms with Gasteiger partial charge in [0.25, 0.3) is 0 Å². The first kappa shape index (κ1) is 17.8. The number of fused-ring (bicyclic) bond motifs is 2. The maximum atomic E-state index is 2.29. The van der Waals surface area contributed by atoms with Gasteiger partial charge in [0, 0.05) is 0 Å². The van der Waals surface area contributed by atoms with Crippen LogP contribution in [-0.4, -0.2) is 0 Å². The molecule has 0 heteroatoms. The van der Waals surface area contributed by atoms with Crippen LogP contribution in [0.5, 0.6) is 0 Å². The van der Waals surface area contributed by atoms with Crippen molar-refractivity contribution in [2.24, 2.45) is 0 Å². The molecule has 0 aliphatic rings. The van der Waals surface area contributed by atoms with Gasteiger partial charge in [0.05, 0.1) is 0 Å². The van der Waals surface area contributed by atoms with Crippen LogP contribution >= 0.6 is 0 Å². The van der Waals surface area contributed by atoms with Crippen molar-refractivity contribution in [3.8, 4) is 0 Å². The summed E-state index contributed by atoms with van der Waals surface area (Å²) in [5, 5.41) is 5.59. The topological polar surface area (TPSA) is 0 Å². The summed E-state index contributed by atoms with van der Waals surface area (Å²) in [6.07, 6.45) is 0.987. The molecule has 27 heavy (non-hydrogen) atoms.